The van der Waals surface area contributed by atoms with Crippen molar-refractivity contribution in [3.63, 3.8) is 0 Å². The van der Waals surface area contributed by atoms with E-state index < -0.39 is 17.7 Å². The number of nitrogens with one attached hydrogen (secondary N) is 1. The molecule has 1 N–H and O–H groups in total. The molecule has 2 aromatic rings. The number of ether oxygens (including phenoxy) is 2. The quantitative estimate of drug-likeness (QED) is 0.521. The lowest BCUT2D eigenvalue weighted by Gasteiger charge is -2.26. The normalized spacial score (nSPS) is 13.8. The van der Waals surface area contributed by atoms with Crippen LogP contribution in [0.3, 0.4) is 0 Å². The predicted molar refractivity (Wildman–Crippen MR) is 110 cm³/mol. The monoisotopic (exact) mass is 420 g/mol. The van der Waals surface area contributed by atoms with Crippen molar-refractivity contribution < 1.29 is 23.5 Å². The summed E-state index contributed by atoms with van der Waals surface area (Å²) in [6.45, 7) is 7.55. The van der Waals surface area contributed by atoms with E-state index in [0.717, 1.165) is 23.5 Å². The molecule has 29 heavy (non-hydrogen) atoms. The third-order valence-electron chi connectivity index (χ3n) is 4.72. The summed E-state index contributed by atoms with van der Waals surface area (Å²) >= 11 is 1.35. The van der Waals surface area contributed by atoms with E-state index in [-0.39, 0.29) is 12.2 Å². The Kier molecular flexibility index (Phi) is 7.35. The number of nitrogens with zero attached hydrogens (tertiary/aromatic N) is 1. The number of esters is 1. The molecular formula is C21H25FN2O4S. The van der Waals surface area contributed by atoms with E-state index in [0.29, 0.717) is 36.7 Å². The number of fused-ring (bicyclic) bond motifs is 1. The lowest BCUT2D eigenvalue weighted by Crippen LogP contribution is -2.33. The lowest BCUT2D eigenvalue weighted by molar-refractivity contribution is 0.0525. The molecule has 1 aromatic heterocycles. The van der Waals surface area contributed by atoms with Crippen molar-refractivity contribution in [3.05, 3.63) is 51.7 Å². The first-order chi connectivity index (χ1) is 14.0. The van der Waals surface area contributed by atoms with Gasteiger partial charge in [-0.05, 0) is 38.0 Å². The van der Waals surface area contributed by atoms with Crippen molar-refractivity contribution in [2.75, 3.05) is 38.2 Å². The number of anilines is 1. The number of halogens is 1. The van der Waals surface area contributed by atoms with Crippen LogP contribution >= 0.6 is 11.3 Å². The van der Waals surface area contributed by atoms with Gasteiger partial charge in [-0.3, -0.25) is 9.69 Å². The van der Waals surface area contributed by atoms with Crippen LogP contribution in [0.2, 0.25) is 0 Å². The molecule has 0 bridgehead atoms. The molecular weight excluding hydrogens is 395 g/mol. The Hall–Kier alpha value is -2.29. The second-order valence-electron chi connectivity index (χ2n) is 6.59. The fourth-order valence-corrected chi connectivity index (χ4v) is 4.58. The average Bonchev–Trinajstić information content (AvgIpc) is 3.05. The topological polar surface area (TPSA) is 67.9 Å². The summed E-state index contributed by atoms with van der Waals surface area (Å²) < 4.78 is 24.6. The van der Waals surface area contributed by atoms with E-state index in [4.69, 9.17) is 9.47 Å². The van der Waals surface area contributed by atoms with Gasteiger partial charge in [0.2, 0.25) is 0 Å². The van der Waals surface area contributed by atoms with Gasteiger partial charge >= 0.3 is 5.97 Å². The van der Waals surface area contributed by atoms with Crippen LogP contribution in [-0.4, -0.2) is 49.7 Å². The third kappa shape index (κ3) is 5.01. The number of carbonyl (C=O) groups is 2. The number of carbonyl (C=O) groups excluding carboxylic acids is 2. The fourth-order valence-electron chi connectivity index (χ4n) is 3.31. The number of hydrogen-bond donors (Lipinski definition) is 1. The highest BCUT2D eigenvalue weighted by atomic mass is 32.1. The minimum absolute atomic E-state index is 0.0629. The maximum Gasteiger partial charge on any atom is 0.341 e. The van der Waals surface area contributed by atoms with Crippen molar-refractivity contribution in [1.82, 2.24) is 4.90 Å². The number of amides is 1. The molecule has 1 aliphatic heterocycles. The lowest BCUT2D eigenvalue weighted by atomic mass is 10.0. The van der Waals surface area contributed by atoms with Crippen LogP contribution in [0.5, 0.6) is 0 Å². The molecule has 0 aliphatic carbocycles. The molecule has 8 heteroatoms. The van der Waals surface area contributed by atoms with Crippen molar-refractivity contribution in [2.45, 2.75) is 26.8 Å². The highest BCUT2D eigenvalue weighted by molar-refractivity contribution is 7.17. The second-order valence-corrected chi connectivity index (χ2v) is 7.69. The molecule has 0 fully saturated rings. The summed E-state index contributed by atoms with van der Waals surface area (Å²) in [6, 6.07) is 5.77. The smallest absolute Gasteiger partial charge is 0.341 e. The van der Waals surface area contributed by atoms with E-state index >= 15 is 0 Å². The minimum Gasteiger partial charge on any atom is -0.462 e. The summed E-state index contributed by atoms with van der Waals surface area (Å²) in [4.78, 5) is 28.5. The Labute approximate surface area is 173 Å². The Morgan fingerprint density at radius 3 is 2.76 bits per heavy atom. The third-order valence-corrected chi connectivity index (χ3v) is 5.85. The number of rotatable bonds is 8. The maximum absolute atomic E-state index is 14.0. The zero-order valence-corrected chi connectivity index (χ0v) is 17.4. The molecule has 0 unspecified atom stereocenters. The van der Waals surface area contributed by atoms with Crippen molar-refractivity contribution in [3.8, 4) is 0 Å². The highest BCUT2D eigenvalue weighted by Crippen LogP contribution is 2.38. The van der Waals surface area contributed by atoms with Crippen LogP contribution in [0.25, 0.3) is 0 Å². The van der Waals surface area contributed by atoms with Gasteiger partial charge in [-0.1, -0.05) is 12.1 Å². The van der Waals surface area contributed by atoms with Crippen LogP contribution < -0.4 is 5.32 Å². The van der Waals surface area contributed by atoms with E-state index in [2.05, 4.69) is 10.2 Å². The molecule has 0 spiro atoms. The summed E-state index contributed by atoms with van der Waals surface area (Å²) in [5, 5.41) is 3.14. The molecule has 1 amide bonds. The van der Waals surface area contributed by atoms with Gasteiger partial charge in [0.25, 0.3) is 5.91 Å². The molecule has 156 valence electrons. The standard InChI is InChI=1S/C21H25FN2O4S/c1-3-27-12-11-24-10-9-15-17(13-24)29-20(18(15)21(26)28-4-2)23-19(25)14-7-5-6-8-16(14)22/h5-8H,3-4,9-13H2,1-2H3,(H,23,25). The molecule has 1 aliphatic rings. The fraction of sp³-hybridized carbons (Fsp3) is 0.429. The van der Waals surface area contributed by atoms with E-state index in [1.165, 1.54) is 29.5 Å². The van der Waals surface area contributed by atoms with Gasteiger partial charge < -0.3 is 14.8 Å². The Morgan fingerprint density at radius 2 is 2.03 bits per heavy atom. The number of thiophene rings is 1. The summed E-state index contributed by atoms with van der Waals surface area (Å²) in [7, 11) is 0. The summed E-state index contributed by atoms with van der Waals surface area (Å²) in [5.41, 5.74) is 1.23. The zero-order valence-electron chi connectivity index (χ0n) is 16.6. The van der Waals surface area contributed by atoms with Gasteiger partial charge in [0, 0.05) is 31.1 Å². The minimum atomic E-state index is -0.605. The molecule has 1 aromatic carbocycles. The van der Waals surface area contributed by atoms with Crippen LogP contribution in [0.15, 0.2) is 24.3 Å². The molecule has 2 heterocycles. The van der Waals surface area contributed by atoms with Crippen LogP contribution in [-0.2, 0) is 22.4 Å². The van der Waals surface area contributed by atoms with E-state index in [1.807, 2.05) is 6.92 Å². The summed E-state index contributed by atoms with van der Waals surface area (Å²) in [5.74, 6) is -1.65. The van der Waals surface area contributed by atoms with Gasteiger partial charge in [0.05, 0.1) is 24.3 Å². The second kappa shape index (κ2) is 9.96. The molecule has 0 saturated heterocycles. The van der Waals surface area contributed by atoms with Crippen molar-refractivity contribution >= 4 is 28.2 Å². The Balaban J connectivity index is 1.86. The number of hydrogen-bond acceptors (Lipinski definition) is 6. The SMILES string of the molecule is CCOCCN1CCc2c(sc(NC(=O)c3ccccc3F)c2C(=O)OCC)C1. The first kappa shape index (κ1) is 21.4. The molecule has 0 atom stereocenters. The van der Waals surface area contributed by atoms with E-state index in [9.17, 15) is 14.0 Å². The Bertz CT molecular complexity index is 884. The van der Waals surface area contributed by atoms with Gasteiger partial charge in [-0.15, -0.1) is 11.3 Å². The predicted octanol–water partition coefficient (Wildman–Crippen LogP) is 3.71. The summed E-state index contributed by atoms with van der Waals surface area (Å²) in [6.07, 6.45) is 0.682. The van der Waals surface area contributed by atoms with Crippen LogP contribution in [0.1, 0.15) is 45.0 Å². The van der Waals surface area contributed by atoms with Crippen molar-refractivity contribution in [1.29, 1.82) is 0 Å². The zero-order chi connectivity index (χ0) is 20.8. The number of benzene rings is 1. The molecule has 0 radical (unpaired) electrons. The first-order valence-electron chi connectivity index (χ1n) is 9.72. The maximum atomic E-state index is 14.0. The Morgan fingerprint density at radius 1 is 1.24 bits per heavy atom. The van der Waals surface area contributed by atoms with Gasteiger partial charge in [-0.25, -0.2) is 9.18 Å². The molecule has 3 rings (SSSR count). The largest absolute Gasteiger partial charge is 0.462 e. The van der Waals surface area contributed by atoms with Crippen LogP contribution in [0, 0.1) is 5.82 Å². The first-order valence-corrected chi connectivity index (χ1v) is 10.5. The van der Waals surface area contributed by atoms with Crippen molar-refractivity contribution in [2.24, 2.45) is 0 Å². The van der Waals surface area contributed by atoms with E-state index in [1.54, 1.807) is 13.0 Å². The average molecular weight is 421 g/mol. The highest BCUT2D eigenvalue weighted by Gasteiger charge is 2.29. The molecule has 6 nitrogen and oxygen atoms in total. The molecule has 0 saturated carbocycles. The van der Waals surface area contributed by atoms with Gasteiger partial charge in [0.1, 0.15) is 10.8 Å². The van der Waals surface area contributed by atoms with Gasteiger partial charge in [-0.2, -0.15) is 0 Å². The van der Waals surface area contributed by atoms with Gasteiger partial charge in [0.15, 0.2) is 0 Å². The van der Waals surface area contributed by atoms with Crippen LogP contribution in [0.4, 0.5) is 9.39 Å².